The van der Waals surface area contributed by atoms with Crippen molar-refractivity contribution in [2.24, 2.45) is 0 Å². The molecule has 2 N–H and O–H groups in total. The molecule has 30 heavy (non-hydrogen) atoms. The van der Waals surface area contributed by atoms with Crippen LogP contribution >= 0.6 is 0 Å². The summed E-state index contributed by atoms with van der Waals surface area (Å²) in [7, 11) is 0. The van der Waals surface area contributed by atoms with Crippen molar-refractivity contribution in [3.8, 4) is 0 Å². The van der Waals surface area contributed by atoms with Crippen molar-refractivity contribution in [3.63, 3.8) is 0 Å². The molecule has 2 aromatic carbocycles. The Balaban J connectivity index is 1.80. The second-order valence-corrected chi connectivity index (χ2v) is 6.50. The molecule has 12 heteroatoms. The number of nitrogens with one attached hydrogen (secondary N) is 2. The molecule has 2 aromatic heterocycles. The highest BCUT2D eigenvalue weighted by Crippen LogP contribution is 2.58. The Morgan fingerprint density at radius 3 is 1.20 bits per heavy atom. The van der Waals surface area contributed by atoms with Crippen LogP contribution in [0.3, 0.4) is 0 Å². The molecule has 0 aliphatic carbocycles. The third-order valence-corrected chi connectivity index (χ3v) is 4.56. The Bertz CT molecular complexity index is 1070. The van der Waals surface area contributed by atoms with Crippen LogP contribution in [0, 0.1) is 0 Å². The molecule has 0 atom stereocenters. The fourth-order valence-corrected chi connectivity index (χ4v) is 2.89. The Kier molecular flexibility index (Phi) is 4.13. The van der Waals surface area contributed by atoms with Crippen molar-refractivity contribution < 1.29 is 35.1 Å². The van der Waals surface area contributed by atoms with Crippen molar-refractivity contribution in [1.82, 2.24) is 19.9 Å². The summed E-state index contributed by atoms with van der Waals surface area (Å²) in [5, 5.41) is 0. The van der Waals surface area contributed by atoms with E-state index in [4.69, 9.17) is 0 Å². The molecule has 0 aliphatic rings. The molecule has 0 aliphatic heterocycles. The van der Waals surface area contributed by atoms with Crippen LogP contribution in [-0.4, -0.2) is 31.8 Å². The van der Waals surface area contributed by atoms with E-state index in [1.54, 1.807) is 9.97 Å². The SMILES string of the molecule is FC(F)(c1nc2ccccc2[nH]1)C(F)(F)C(F)(F)C(F)(F)c1nc2ccccc2[nH]1. The number of H-pyrrole nitrogens is 2. The van der Waals surface area contributed by atoms with Gasteiger partial charge in [-0.3, -0.25) is 0 Å². The number of nitrogens with zero attached hydrogens (tertiary/aromatic N) is 2. The van der Waals surface area contributed by atoms with E-state index < -0.39 is 35.3 Å². The van der Waals surface area contributed by atoms with Gasteiger partial charge in [0.15, 0.2) is 11.6 Å². The van der Waals surface area contributed by atoms with Gasteiger partial charge in [-0.25, -0.2) is 9.97 Å². The third kappa shape index (κ3) is 2.58. The number of halogens is 8. The highest BCUT2D eigenvalue weighted by Gasteiger charge is 2.82. The lowest BCUT2D eigenvalue weighted by molar-refractivity contribution is -0.377. The average molecular weight is 434 g/mol. The normalized spacial score (nSPS) is 14.0. The molecule has 4 nitrogen and oxygen atoms in total. The zero-order chi connectivity index (χ0) is 21.9. The summed E-state index contributed by atoms with van der Waals surface area (Å²) in [5.74, 6) is -28.3. The van der Waals surface area contributed by atoms with Gasteiger partial charge in [-0.2, -0.15) is 35.1 Å². The first-order chi connectivity index (χ1) is 13.9. The van der Waals surface area contributed by atoms with Crippen LogP contribution in [0.5, 0.6) is 0 Å². The number of rotatable bonds is 5. The van der Waals surface area contributed by atoms with Gasteiger partial charge in [-0.1, -0.05) is 24.3 Å². The highest BCUT2D eigenvalue weighted by atomic mass is 19.4. The third-order valence-electron chi connectivity index (χ3n) is 4.56. The number of alkyl halides is 8. The van der Waals surface area contributed by atoms with Crippen LogP contribution in [-0.2, 0) is 11.8 Å². The number of imidazole rings is 2. The van der Waals surface area contributed by atoms with Gasteiger partial charge in [-0.15, -0.1) is 0 Å². The van der Waals surface area contributed by atoms with Crippen LogP contribution in [0.25, 0.3) is 22.1 Å². The number of hydrogen-bond acceptors (Lipinski definition) is 2. The second-order valence-electron chi connectivity index (χ2n) is 6.50. The van der Waals surface area contributed by atoms with Crippen molar-refractivity contribution >= 4 is 22.1 Å². The van der Waals surface area contributed by atoms with E-state index in [2.05, 4.69) is 9.97 Å². The largest absolute Gasteiger partial charge is 0.386 e. The van der Waals surface area contributed by atoms with E-state index in [-0.39, 0.29) is 22.1 Å². The molecule has 2 heterocycles. The summed E-state index contributed by atoms with van der Waals surface area (Å²) in [6, 6.07) is 10.1. The Morgan fingerprint density at radius 2 is 0.867 bits per heavy atom. The molecule has 0 saturated heterocycles. The van der Waals surface area contributed by atoms with Gasteiger partial charge < -0.3 is 9.97 Å². The maximum atomic E-state index is 14.4. The molecule has 0 amide bonds. The summed E-state index contributed by atoms with van der Waals surface area (Å²) >= 11 is 0. The Labute approximate surface area is 161 Å². The number of aromatic amines is 2. The quantitative estimate of drug-likeness (QED) is 0.402. The van der Waals surface area contributed by atoms with Gasteiger partial charge in [0, 0.05) is 0 Å². The first-order valence-corrected chi connectivity index (χ1v) is 8.31. The lowest BCUT2D eigenvalue weighted by Gasteiger charge is -2.35. The van der Waals surface area contributed by atoms with Gasteiger partial charge in [0.25, 0.3) is 0 Å². The van der Waals surface area contributed by atoms with Gasteiger partial charge in [0.05, 0.1) is 22.1 Å². The Morgan fingerprint density at radius 1 is 0.533 bits per heavy atom. The molecule has 0 spiro atoms. The summed E-state index contributed by atoms with van der Waals surface area (Å²) < 4.78 is 115. The van der Waals surface area contributed by atoms with Gasteiger partial charge in [0.1, 0.15) is 0 Å². The molecule has 4 aromatic rings. The van der Waals surface area contributed by atoms with Gasteiger partial charge in [0.2, 0.25) is 0 Å². The second kappa shape index (κ2) is 6.16. The van der Waals surface area contributed by atoms with Gasteiger partial charge in [-0.05, 0) is 24.3 Å². The molecular formula is C18H10F8N4. The number of hydrogen-bond donors (Lipinski definition) is 2. The number of fused-ring (bicyclic) bond motifs is 2. The molecule has 0 fully saturated rings. The lowest BCUT2D eigenvalue weighted by atomic mass is 9.97. The molecule has 158 valence electrons. The minimum absolute atomic E-state index is 0.157. The Hall–Kier alpha value is -3.18. The molecule has 0 radical (unpaired) electrons. The van der Waals surface area contributed by atoms with E-state index in [0.717, 1.165) is 12.1 Å². The van der Waals surface area contributed by atoms with Crippen LogP contribution in [0.15, 0.2) is 48.5 Å². The van der Waals surface area contributed by atoms with Crippen molar-refractivity contribution in [1.29, 1.82) is 0 Å². The fraction of sp³-hybridized carbons (Fsp3) is 0.222. The molecular weight excluding hydrogens is 424 g/mol. The summed E-state index contributed by atoms with van der Waals surface area (Å²) in [5.41, 5.74) is -0.767. The minimum atomic E-state index is -6.53. The smallest absolute Gasteiger partial charge is 0.337 e. The topological polar surface area (TPSA) is 57.4 Å². The number of para-hydroxylation sites is 4. The van der Waals surface area contributed by atoms with Crippen molar-refractivity contribution in [2.75, 3.05) is 0 Å². The monoisotopic (exact) mass is 434 g/mol. The first kappa shape index (κ1) is 20.1. The zero-order valence-corrected chi connectivity index (χ0v) is 14.5. The predicted molar refractivity (Wildman–Crippen MR) is 89.9 cm³/mol. The van der Waals surface area contributed by atoms with E-state index >= 15 is 0 Å². The van der Waals surface area contributed by atoms with Crippen molar-refractivity contribution in [2.45, 2.75) is 23.7 Å². The molecule has 0 unspecified atom stereocenters. The lowest BCUT2D eigenvalue weighted by Crippen LogP contribution is -2.60. The standard InChI is InChI=1S/C18H10F8N4/c19-15(20,13-27-9-5-1-2-6-10(9)28-13)17(23,24)18(25,26)16(21,22)14-29-11-7-3-4-8-12(11)30-14/h1-8H,(H,27,28)(H,29,30). The summed E-state index contributed by atoms with van der Waals surface area (Å²) in [6.45, 7) is 0. The summed E-state index contributed by atoms with van der Waals surface area (Å²) in [6.07, 6.45) is 0. The van der Waals surface area contributed by atoms with E-state index in [0.29, 0.717) is 0 Å². The molecule has 0 bridgehead atoms. The van der Waals surface area contributed by atoms with Crippen LogP contribution in [0.2, 0.25) is 0 Å². The van der Waals surface area contributed by atoms with E-state index in [1.807, 2.05) is 0 Å². The van der Waals surface area contributed by atoms with Gasteiger partial charge >= 0.3 is 23.7 Å². The van der Waals surface area contributed by atoms with E-state index in [9.17, 15) is 35.1 Å². The van der Waals surface area contributed by atoms with Crippen LogP contribution < -0.4 is 0 Å². The maximum Gasteiger partial charge on any atom is 0.386 e. The zero-order valence-electron chi connectivity index (χ0n) is 14.5. The number of benzene rings is 2. The predicted octanol–water partition coefficient (Wildman–Crippen LogP) is 5.59. The van der Waals surface area contributed by atoms with Crippen LogP contribution in [0.1, 0.15) is 11.6 Å². The average Bonchev–Trinajstić information content (AvgIpc) is 3.32. The molecule has 4 rings (SSSR count). The highest BCUT2D eigenvalue weighted by molar-refractivity contribution is 5.75. The van der Waals surface area contributed by atoms with Crippen LogP contribution in [0.4, 0.5) is 35.1 Å². The molecule has 0 saturated carbocycles. The summed E-state index contributed by atoms with van der Waals surface area (Å²) in [4.78, 5) is 9.90. The first-order valence-electron chi connectivity index (χ1n) is 8.31. The maximum absolute atomic E-state index is 14.4. The van der Waals surface area contributed by atoms with Crippen molar-refractivity contribution in [3.05, 3.63) is 60.2 Å². The van der Waals surface area contributed by atoms with E-state index in [1.165, 1.54) is 36.4 Å². The fourth-order valence-electron chi connectivity index (χ4n) is 2.89. The number of aromatic nitrogens is 4. The minimum Gasteiger partial charge on any atom is -0.337 e.